The number of hydrogen-bond donors (Lipinski definition) is 1. The van der Waals surface area contributed by atoms with Gasteiger partial charge in [0.2, 0.25) is 0 Å². The van der Waals surface area contributed by atoms with E-state index in [0.717, 1.165) is 25.7 Å². The van der Waals surface area contributed by atoms with Crippen molar-refractivity contribution in [3.8, 4) is 0 Å². The van der Waals surface area contributed by atoms with Crippen molar-refractivity contribution in [2.75, 3.05) is 6.61 Å². The largest absolute Gasteiger partial charge is 0.462 e. The van der Waals surface area contributed by atoms with Gasteiger partial charge in [-0.15, -0.1) is 0 Å². The highest BCUT2D eigenvalue weighted by atomic mass is 16.5. The molecule has 1 N–H and O–H groups in total. The van der Waals surface area contributed by atoms with Crippen LogP contribution in [0.25, 0.3) is 0 Å². The van der Waals surface area contributed by atoms with E-state index >= 15 is 0 Å². The van der Waals surface area contributed by atoms with E-state index < -0.39 is 6.10 Å². The molecule has 0 spiro atoms. The lowest BCUT2D eigenvalue weighted by molar-refractivity contribution is -0.171. The molecule has 1 aliphatic heterocycles. The Labute approximate surface area is 192 Å². The Hall–Kier alpha value is -1.88. The topological polar surface area (TPSA) is 72.8 Å². The summed E-state index contributed by atoms with van der Waals surface area (Å²) >= 11 is 0. The van der Waals surface area contributed by atoms with E-state index in [9.17, 15) is 14.7 Å². The van der Waals surface area contributed by atoms with Gasteiger partial charge in [0.1, 0.15) is 12.7 Å². The highest BCUT2D eigenvalue weighted by Crippen LogP contribution is 2.63. The number of esters is 2. The van der Waals surface area contributed by atoms with Crippen molar-refractivity contribution in [2.24, 2.45) is 22.7 Å². The third kappa shape index (κ3) is 4.88. The number of cyclic esters (lactones) is 1. The van der Waals surface area contributed by atoms with Crippen LogP contribution in [0.2, 0.25) is 0 Å². The van der Waals surface area contributed by atoms with Crippen LogP contribution in [-0.2, 0) is 19.1 Å². The fourth-order valence-corrected chi connectivity index (χ4v) is 6.42. The van der Waals surface area contributed by atoms with Gasteiger partial charge in [-0.1, -0.05) is 44.6 Å². The first kappa shape index (κ1) is 24.8. The zero-order valence-electron chi connectivity index (χ0n) is 20.4. The third-order valence-corrected chi connectivity index (χ3v) is 8.74. The number of hydrogen-bond acceptors (Lipinski definition) is 5. The summed E-state index contributed by atoms with van der Waals surface area (Å²) in [5.41, 5.74) is 3.20. The van der Waals surface area contributed by atoms with E-state index in [0.29, 0.717) is 17.9 Å². The molecular weight excluding hydrogens is 404 g/mol. The minimum absolute atomic E-state index is 0.00503. The van der Waals surface area contributed by atoms with Crippen molar-refractivity contribution in [2.45, 2.75) is 91.8 Å². The molecule has 0 aromatic heterocycles. The quantitative estimate of drug-likeness (QED) is 0.427. The van der Waals surface area contributed by atoms with Crippen LogP contribution >= 0.6 is 0 Å². The second kappa shape index (κ2) is 9.54. The molecule has 0 bridgehead atoms. The molecule has 3 aliphatic rings. The van der Waals surface area contributed by atoms with Crippen LogP contribution in [0.4, 0.5) is 0 Å². The Kier molecular flexibility index (Phi) is 7.38. The number of carbonyl (C=O) groups excluding carboxylic acids is 2. The monoisotopic (exact) mass is 444 g/mol. The van der Waals surface area contributed by atoms with Crippen LogP contribution in [0.5, 0.6) is 0 Å². The second-order valence-electron chi connectivity index (χ2n) is 10.7. The predicted octanol–water partition coefficient (Wildman–Crippen LogP) is 5.29. The number of aliphatic hydroxyl groups is 1. The summed E-state index contributed by atoms with van der Waals surface area (Å²) in [5.74, 6) is 0.198. The van der Waals surface area contributed by atoms with Crippen molar-refractivity contribution in [1.82, 2.24) is 0 Å². The summed E-state index contributed by atoms with van der Waals surface area (Å²) in [6.07, 6.45) is 9.39. The number of aliphatic hydroxyl groups excluding tert-OH is 1. The maximum Gasteiger partial charge on any atom is 0.331 e. The van der Waals surface area contributed by atoms with Crippen LogP contribution in [0.1, 0.15) is 79.6 Å². The van der Waals surface area contributed by atoms with Gasteiger partial charge in [0, 0.05) is 18.6 Å². The zero-order valence-corrected chi connectivity index (χ0v) is 20.4. The molecule has 0 aromatic carbocycles. The molecule has 32 heavy (non-hydrogen) atoms. The van der Waals surface area contributed by atoms with Crippen LogP contribution in [-0.4, -0.2) is 35.9 Å². The summed E-state index contributed by atoms with van der Waals surface area (Å²) in [4.78, 5) is 23.1. The maximum atomic E-state index is 11.8. The van der Waals surface area contributed by atoms with Gasteiger partial charge in [0.25, 0.3) is 0 Å². The molecule has 2 fully saturated rings. The van der Waals surface area contributed by atoms with E-state index in [2.05, 4.69) is 40.3 Å². The average Bonchev–Trinajstić information content (AvgIpc) is 3.16. The first-order valence-electron chi connectivity index (χ1n) is 12.0. The fraction of sp³-hybridized carbons (Fsp3) is 0.704. The Morgan fingerprint density at radius 3 is 2.75 bits per heavy atom. The fourth-order valence-electron chi connectivity index (χ4n) is 6.42. The van der Waals surface area contributed by atoms with Gasteiger partial charge in [-0.05, 0) is 74.5 Å². The van der Waals surface area contributed by atoms with Gasteiger partial charge in [0.05, 0.1) is 6.10 Å². The van der Waals surface area contributed by atoms with Gasteiger partial charge < -0.3 is 14.6 Å². The van der Waals surface area contributed by atoms with E-state index in [4.69, 9.17) is 9.47 Å². The molecule has 178 valence electrons. The molecule has 0 saturated heterocycles. The van der Waals surface area contributed by atoms with Gasteiger partial charge >= 0.3 is 11.9 Å². The molecule has 6 atom stereocenters. The van der Waals surface area contributed by atoms with Crippen molar-refractivity contribution in [1.29, 1.82) is 0 Å². The van der Waals surface area contributed by atoms with Crippen molar-refractivity contribution in [3.05, 3.63) is 35.5 Å². The molecule has 3 rings (SSSR count). The number of rotatable bonds is 7. The molecule has 1 heterocycles. The number of allylic oxidation sites excluding steroid dienone is 2. The van der Waals surface area contributed by atoms with Gasteiger partial charge in [-0.25, -0.2) is 4.79 Å². The molecule has 0 amide bonds. The van der Waals surface area contributed by atoms with Crippen LogP contribution in [0.3, 0.4) is 0 Å². The molecule has 0 radical (unpaired) electrons. The third-order valence-electron chi connectivity index (χ3n) is 8.74. The number of ether oxygens (including phenoxy) is 2. The van der Waals surface area contributed by atoms with E-state index in [1.807, 2.05) is 0 Å². The lowest BCUT2D eigenvalue weighted by atomic mass is 9.45. The minimum Gasteiger partial charge on any atom is -0.462 e. The highest BCUT2D eigenvalue weighted by Gasteiger charge is 2.57. The van der Waals surface area contributed by atoms with E-state index in [-0.39, 0.29) is 41.4 Å². The highest BCUT2D eigenvalue weighted by molar-refractivity contribution is 5.85. The molecular formula is C27H40O5. The first-order chi connectivity index (χ1) is 15.0. The van der Waals surface area contributed by atoms with Gasteiger partial charge in [-0.3, -0.25) is 4.79 Å². The van der Waals surface area contributed by atoms with Crippen molar-refractivity contribution >= 4 is 11.9 Å². The molecule has 5 nitrogen and oxygen atoms in total. The van der Waals surface area contributed by atoms with E-state index in [1.54, 1.807) is 0 Å². The summed E-state index contributed by atoms with van der Waals surface area (Å²) in [6, 6.07) is 0. The molecule has 0 unspecified atom stereocenters. The second-order valence-corrected chi connectivity index (χ2v) is 10.7. The van der Waals surface area contributed by atoms with E-state index in [1.165, 1.54) is 37.0 Å². The normalized spacial score (nSPS) is 36.2. The van der Waals surface area contributed by atoms with Crippen molar-refractivity contribution in [3.63, 3.8) is 0 Å². The average molecular weight is 445 g/mol. The lowest BCUT2D eigenvalue weighted by Gasteiger charge is -2.60. The Morgan fingerprint density at radius 1 is 1.41 bits per heavy atom. The van der Waals surface area contributed by atoms with Gasteiger partial charge in [0.15, 0.2) is 0 Å². The van der Waals surface area contributed by atoms with Crippen LogP contribution in [0.15, 0.2) is 35.5 Å². The Balaban J connectivity index is 1.74. The van der Waals surface area contributed by atoms with Gasteiger partial charge in [-0.2, -0.15) is 0 Å². The SMILES string of the molecule is C=C1CCC[C@H]2[C@](C)(CC/C(C)=C/C[C@@H](O)C3=CC(=O)OC3)[C@@H](C)[C@H](OC(C)=O)C[C@]12C. The zero-order chi connectivity index (χ0) is 23.7. The standard InChI is InChI=1S/C27H40O5/c1-17(10-11-22(29)21-14-25(30)31-16-21)12-13-26(5)19(3)23(32-20(4)28)15-27(6)18(2)8-7-9-24(26)27/h10,14,19,22-24,29H,2,7-9,11-13,15-16H2,1,3-6H3/b17-10+/t19-,22+,23+,24-,26+,27+/m0/s1. The summed E-state index contributed by atoms with van der Waals surface area (Å²) in [7, 11) is 0. The first-order valence-corrected chi connectivity index (χ1v) is 12.0. The van der Waals surface area contributed by atoms with Crippen LogP contribution < -0.4 is 0 Å². The number of carbonyl (C=O) groups is 2. The molecule has 5 heteroatoms. The summed E-state index contributed by atoms with van der Waals surface area (Å²) in [6.45, 7) is 15.2. The van der Waals surface area contributed by atoms with Crippen LogP contribution in [0, 0.1) is 22.7 Å². The summed E-state index contributed by atoms with van der Waals surface area (Å²) < 4.78 is 10.7. The summed E-state index contributed by atoms with van der Waals surface area (Å²) in [5, 5.41) is 10.4. The minimum atomic E-state index is -0.682. The molecule has 2 saturated carbocycles. The van der Waals surface area contributed by atoms with Crippen molar-refractivity contribution < 1.29 is 24.2 Å². The molecule has 0 aromatic rings. The predicted molar refractivity (Wildman–Crippen MR) is 125 cm³/mol. The smallest absolute Gasteiger partial charge is 0.331 e. The Bertz CT molecular complexity index is 824. The Morgan fingerprint density at radius 2 is 2.12 bits per heavy atom. The number of fused-ring (bicyclic) bond motifs is 1. The lowest BCUT2D eigenvalue weighted by Crippen LogP contribution is -2.56. The molecule has 2 aliphatic carbocycles. The maximum absolute atomic E-state index is 11.8.